The van der Waals surface area contributed by atoms with E-state index in [1.807, 2.05) is 6.92 Å². The van der Waals surface area contributed by atoms with Gasteiger partial charge < -0.3 is 10.1 Å². The van der Waals surface area contributed by atoms with Gasteiger partial charge in [-0.05, 0) is 32.6 Å². The number of piperidine rings is 1. The van der Waals surface area contributed by atoms with Gasteiger partial charge in [0.25, 0.3) is 0 Å². The molecule has 118 valence electrons. The molecule has 21 heavy (non-hydrogen) atoms. The summed E-state index contributed by atoms with van der Waals surface area (Å²) in [6.07, 6.45) is 4.42. The van der Waals surface area contributed by atoms with E-state index in [2.05, 4.69) is 5.32 Å². The van der Waals surface area contributed by atoms with Crippen LogP contribution >= 0.6 is 0 Å². The van der Waals surface area contributed by atoms with Crippen LogP contribution in [0.25, 0.3) is 0 Å². The maximum absolute atomic E-state index is 12.1. The number of hydrogen-bond donors (Lipinski definition) is 1. The minimum atomic E-state index is -0.307. The molecule has 1 saturated carbocycles. The van der Waals surface area contributed by atoms with Crippen molar-refractivity contribution in [2.75, 3.05) is 13.7 Å². The van der Waals surface area contributed by atoms with Crippen LogP contribution in [0.15, 0.2) is 0 Å². The smallest absolute Gasteiger partial charge is 0.308 e. The molecular formula is C15H24N2O4. The van der Waals surface area contributed by atoms with Crippen molar-refractivity contribution in [3.8, 4) is 0 Å². The lowest BCUT2D eigenvalue weighted by Crippen LogP contribution is -2.54. The van der Waals surface area contributed by atoms with E-state index in [0.717, 1.165) is 19.3 Å². The van der Waals surface area contributed by atoms with Crippen molar-refractivity contribution < 1.29 is 19.1 Å². The van der Waals surface area contributed by atoms with Gasteiger partial charge in [0.15, 0.2) is 0 Å². The molecule has 3 unspecified atom stereocenters. The number of nitrogens with zero attached hydrogens (tertiary/aromatic N) is 1. The van der Waals surface area contributed by atoms with Crippen LogP contribution in [-0.4, -0.2) is 48.4 Å². The Morgan fingerprint density at radius 1 is 1.33 bits per heavy atom. The molecule has 1 heterocycles. The highest BCUT2D eigenvalue weighted by Crippen LogP contribution is 2.26. The molecule has 1 aliphatic carbocycles. The molecule has 1 N–H and O–H groups in total. The van der Waals surface area contributed by atoms with Gasteiger partial charge in [0, 0.05) is 19.5 Å². The lowest BCUT2D eigenvalue weighted by Gasteiger charge is -2.34. The zero-order chi connectivity index (χ0) is 15.4. The zero-order valence-corrected chi connectivity index (χ0v) is 12.8. The Balaban J connectivity index is 1.89. The van der Waals surface area contributed by atoms with Crippen molar-refractivity contribution in [1.82, 2.24) is 10.2 Å². The maximum Gasteiger partial charge on any atom is 0.308 e. The third-order valence-corrected chi connectivity index (χ3v) is 4.38. The number of amides is 2. The highest BCUT2D eigenvalue weighted by molar-refractivity contribution is 6.00. The molecule has 0 radical (unpaired) electrons. The molecule has 0 aromatic carbocycles. The molecule has 2 aliphatic rings. The molecule has 6 heteroatoms. The van der Waals surface area contributed by atoms with Gasteiger partial charge >= 0.3 is 5.97 Å². The molecule has 3 atom stereocenters. The number of likely N-dealkylation sites (tertiary alicyclic amines) is 1. The van der Waals surface area contributed by atoms with Crippen LogP contribution < -0.4 is 5.32 Å². The van der Waals surface area contributed by atoms with Gasteiger partial charge in [-0.25, -0.2) is 0 Å². The van der Waals surface area contributed by atoms with Crippen molar-refractivity contribution in [3.63, 3.8) is 0 Å². The van der Waals surface area contributed by atoms with Crippen LogP contribution in [0, 0.1) is 5.92 Å². The number of carbonyl (C=O) groups excluding carboxylic acids is 3. The summed E-state index contributed by atoms with van der Waals surface area (Å²) in [4.78, 5) is 36.6. The van der Waals surface area contributed by atoms with Crippen LogP contribution in [0.1, 0.15) is 45.4 Å². The largest absolute Gasteiger partial charge is 0.466 e. The highest BCUT2D eigenvalue weighted by Gasteiger charge is 2.35. The first kappa shape index (κ1) is 15.9. The molecule has 0 aromatic heterocycles. The number of esters is 1. The van der Waals surface area contributed by atoms with Gasteiger partial charge in [-0.15, -0.1) is 0 Å². The minimum absolute atomic E-state index is 0.0748. The van der Waals surface area contributed by atoms with E-state index in [-0.39, 0.29) is 35.8 Å². The second-order valence-electron chi connectivity index (χ2n) is 5.86. The molecule has 1 saturated heterocycles. The number of nitrogens with one attached hydrogen (secondary N) is 1. The summed E-state index contributed by atoms with van der Waals surface area (Å²) < 4.78 is 5.09. The number of rotatable bonds is 4. The Kier molecular flexibility index (Phi) is 5.33. The van der Waals surface area contributed by atoms with Gasteiger partial charge in [0.1, 0.15) is 0 Å². The molecular weight excluding hydrogens is 272 g/mol. The first-order valence-corrected chi connectivity index (χ1v) is 7.76. The SMILES string of the molecule is CCOC(=O)C1CCCC(NC2CCC(=O)N(C)C2=O)C1. The predicted molar refractivity (Wildman–Crippen MR) is 76.3 cm³/mol. The molecule has 6 nitrogen and oxygen atoms in total. The standard InChI is InChI=1S/C15H24N2O4/c1-3-21-15(20)10-5-4-6-11(9-10)16-12-7-8-13(18)17(2)14(12)19/h10-12,16H,3-9H2,1-2H3. The van der Waals surface area contributed by atoms with Crippen LogP contribution in [-0.2, 0) is 19.1 Å². The second kappa shape index (κ2) is 7.02. The molecule has 1 aliphatic heterocycles. The first-order valence-electron chi connectivity index (χ1n) is 7.76. The summed E-state index contributed by atoms with van der Waals surface area (Å²) in [5, 5.41) is 3.33. The number of carbonyl (C=O) groups is 3. The van der Waals surface area contributed by atoms with Gasteiger partial charge in [-0.3, -0.25) is 19.3 Å². The summed E-state index contributed by atoms with van der Waals surface area (Å²) in [7, 11) is 1.53. The van der Waals surface area contributed by atoms with E-state index in [1.54, 1.807) is 0 Å². The average Bonchev–Trinajstić information content (AvgIpc) is 2.48. The average molecular weight is 296 g/mol. The van der Waals surface area contributed by atoms with Crippen LogP contribution in [0.2, 0.25) is 0 Å². The lowest BCUT2D eigenvalue weighted by atomic mass is 9.85. The first-order chi connectivity index (χ1) is 10.0. The number of imide groups is 1. The Morgan fingerprint density at radius 3 is 2.81 bits per heavy atom. The molecule has 2 fully saturated rings. The highest BCUT2D eigenvalue weighted by atomic mass is 16.5. The van der Waals surface area contributed by atoms with Gasteiger partial charge in [0.05, 0.1) is 18.6 Å². The number of hydrogen-bond acceptors (Lipinski definition) is 5. The predicted octanol–water partition coefficient (Wildman–Crippen LogP) is 0.845. The number of likely N-dealkylation sites (N-methyl/N-ethyl adjacent to an activating group) is 1. The topological polar surface area (TPSA) is 75.7 Å². The van der Waals surface area contributed by atoms with Crippen molar-refractivity contribution >= 4 is 17.8 Å². The Hall–Kier alpha value is -1.43. The third kappa shape index (κ3) is 3.81. The molecule has 2 rings (SSSR count). The fourth-order valence-corrected chi connectivity index (χ4v) is 3.17. The van der Waals surface area contributed by atoms with Gasteiger partial charge in [-0.2, -0.15) is 0 Å². The van der Waals surface area contributed by atoms with Gasteiger partial charge in [-0.1, -0.05) is 6.42 Å². The summed E-state index contributed by atoms with van der Waals surface area (Å²) in [5.74, 6) is -0.490. The summed E-state index contributed by atoms with van der Waals surface area (Å²) >= 11 is 0. The summed E-state index contributed by atoms with van der Waals surface area (Å²) in [5.41, 5.74) is 0. The summed E-state index contributed by atoms with van der Waals surface area (Å²) in [6, 6.07) is -0.164. The minimum Gasteiger partial charge on any atom is -0.466 e. The molecule has 0 spiro atoms. The molecule has 2 amide bonds. The second-order valence-corrected chi connectivity index (χ2v) is 5.86. The third-order valence-electron chi connectivity index (χ3n) is 4.38. The van der Waals surface area contributed by atoms with E-state index in [1.165, 1.54) is 11.9 Å². The fraction of sp³-hybridized carbons (Fsp3) is 0.800. The lowest BCUT2D eigenvalue weighted by molar-refractivity contribution is -0.149. The van der Waals surface area contributed by atoms with Crippen molar-refractivity contribution in [3.05, 3.63) is 0 Å². The normalized spacial score (nSPS) is 30.4. The molecule has 0 bridgehead atoms. The molecule has 0 aromatic rings. The van der Waals surface area contributed by atoms with Crippen molar-refractivity contribution in [2.45, 2.75) is 57.5 Å². The number of ether oxygens (including phenoxy) is 1. The van der Waals surface area contributed by atoms with Crippen LogP contribution in [0.5, 0.6) is 0 Å². The summed E-state index contributed by atoms with van der Waals surface area (Å²) in [6.45, 7) is 2.21. The Morgan fingerprint density at radius 2 is 2.10 bits per heavy atom. The van der Waals surface area contributed by atoms with Crippen molar-refractivity contribution in [1.29, 1.82) is 0 Å². The maximum atomic E-state index is 12.1. The van der Waals surface area contributed by atoms with E-state index >= 15 is 0 Å². The van der Waals surface area contributed by atoms with Crippen molar-refractivity contribution in [2.24, 2.45) is 5.92 Å². The van der Waals surface area contributed by atoms with E-state index in [4.69, 9.17) is 4.74 Å². The van der Waals surface area contributed by atoms with Crippen LogP contribution in [0.4, 0.5) is 0 Å². The monoisotopic (exact) mass is 296 g/mol. The van der Waals surface area contributed by atoms with E-state index < -0.39 is 0 Å². The Labute approximate surface area is 125 Å². The Bertz CT molecular complexity index is 424. The quantitative estimate of drug-likeness (QED) is 0.615. The van der Waals surface area contributed by atoms with E-state index in [9.17, 15) is 14.4 Å². The van der Waals surface area contributed by atoms with Crippen LogP contribution in [0.3, 0.4) is 0 Å². The van der Waals surface area contributed by atoms with Gasteiger partial charge in [0.2, 0.25) is 11.8 Å². The zero-order valence-electron chi connectivity index (χ0n) is 12.8. The fourth-order valence-electron chi connectivity index (χ4n) is 3.17. The van der Waals surface area contributed by atoms with E-state index in [0.29, 0.717) is 25.9 Å².